The molecule has 0 spiro atoms. The van der Waals surface area contributed by atoms with E-state index < -0.39 is 0 Å². The predicted molar refractivity (Wildman–Crippen MR) is 135 cm³/mol. The lowest BCUT2D eigenvalue weighted by molar-refractivity contribution is -0.127. The summed E-state index contributed by atoms with van der Waals surface area (Å²) >= 11 is 0. The van der Waals surface area contributed by atoms with E-state index in [1.165, 1.54) is 11.6 Å². The summed E-state index contributed by atoms with van der Waals surface area (Å²) in [6.07, 6.45) is 3.14. The molecule has 1 aromatic carbocycles. The monoisotopic (exact) mass is 460 g/mol. The molecule has 1 aliphatic rings. The van der Waals surface area contributed by atoms with Crippen molar-refractivity contribution in [2.45, 2.75) is 39.4 Å². The molecular weight excluding hydrogens is 428 g/mol. The molecule has 0 saturated carbocycles. The molecule has 0 bridgehead atoms. The summed E-state index contributed by atoms with van der Waals surface area (Å²) in [4.78, 5) is 37.4. The van der Waals surface area contributed by atoms with Gasteiger partial charge in [-0.25, -0.2) is 4.98 Å². The van der Waals surface area contributed by atoms with Gasteiger partial charge in [0.1, 0.15) is 5.65 Å². The van der Waals surface area contributed by atoms with E-state index in [0.717, 1.165) is 43.7 Å². The molecule has 1 unspecified atom stereocenters. The Bertz CT molecular complexity index is 1230. The Kier molecular flexibility index (Phi) is 7.07. The van der Waals surface area contributed by atoms with Crippen LogP contribution in [0.4, 0.5) is 5.95 Å². The lowest BCUT2D eigenvalue weighted by Crippen LogP contribution is -2.47. The summed E-state index contributed by atoms with van der Waals surface area (Å²) in [6, 6.07) is 11.9. The van der Waals surface area contributed by atoms with Gasteiger partial charge in [-0.05, 0) is 44.0 Å². The Hall–Kier alpha value is -3.52. The normalized spacial score (nSPS) is 15.5. The summed E-state index contributed by atoms with van der Waals surface area (Å²) in [6.45, 7) is 13.6. The summed E-state index contributed by atoms with van der Waals surface area (Å²) in [5.41, 5.74) is 2.94. The third-order valence-electron chi connectivity index (χ3n) is 6.27. The van der Waals surface area contributed by atoms with Crippen molar-refractivity contribution in [3.63, 3.8) is 0 Å². The van der Waals surface area contributed by atoms with Crippen LogP contribution in [0.3, 0.4) is 0 Å². The smallest absolute Gasteiger partial charge is 0.252 e. The maximum Gasteiger partial charge on any atom is 0.252 e. The second kappa shape index (κ2) is 10.2. The van der Waals surface area contributed by atoms with Gasteiger partial charge < -0.3 is 10.2 Å². The largest absolute Gasteiger partial charge is 0.348 e. The molecule has 178 valence electrons. The molecule has 1 N–H and O–H groups in total. The number of rotatable bonds is 7. The third kappa shape index (κ3) is 5.17. The molecule has 1 fully saturated rings. The maximum absolute atomic E-state index is 12.3. The molecule has 1 saturated heterocycles. The number of hydrogen-bond donors (Lipinski definition) is 1. The first-order valence-corrected chi connectivity index (χ1v) is 11.7. The number of aromatic nitrogens is 3. The van der Waals surface area contributed by atoms with Crippen LogP contribution in [0.5, 0.6) is 0 Å². The fourth-order valence-corrected chi connectivity index (χ4v) is 4.31. The van der Waals surface area contributed by atoms with Crippen molar-refractivity contribution in [2.75, 3.05) is 31.5 Å². The SMILES string of the molecule is C=CC(=O)N1CCN(Cc2ccc(C(C)Nc3ncc4ccc(=O)n(C(C)C)c4n3)cc2)CC1. The molecule has 3 heterocycles. The number of pyridine rings is 1. The van der Waals surface area contributed by atoms with E-state index in [2.05, 4.69) is 58.0 Å². The van der Waals surface area contributed by atoms with Crippen LogP contribution in [0, 0.1) is 0 Å². The molecule has 34 heavy (non-hydrogen) atoms. The highest BCUT2D eigenvalue weighted by atomic mass is 16.2. The van der Waals surface area contributed by atoms with Gasteiger partial charge in [0, 0.05) is 56.4 Å². The predicted octanol–water partition coefficient (Wildman–Crippen LogP) is 3.38. The van der Waals surface area contributed by atoms with Gasteiger partial charge in [0.2, 0.25) is 11.9 Å². The highest BCUT2D eigenvalue weighted by Gasteiger charge is 2.19. The first-order chi connectivity index (χ1) is 16.4. The number of benzene rings is 1. The van der Waals surface area contributed by atoms with Crippen molar-refractivity contribution >= 4 is 22.9 Å². The van der Waals surface area contributed by atoms with Crippen molar-refractivity contribution in [1.82, 2.24) is 24.3 Å². The van der Waals surface area contributed by atoms with Gasteiger partial charge >= 0.3 is 0 Å². The molecule has 4 rings (SSSR count). The van der Waals surface area contributed by atoms with E-state index in [1.54, 1.807) is 22.9 Å². The number of amides is 1. The van der Waals surface area contributed by atoms with Crippen molar-refractivity contribution in [3.8, 4) is 0 Å². The van der Waals surface area contributed by atoms with Gasteiger partial charge in [-0.2, -0.15) is 4.98 Å². The lowest BCUT2D eigenvalue weighted by Gasteiger charge is -2.34. The van der Waals surface area contributed by atoms with Crippen LogP contribution < -0.4 is 10.9 Å². The fraction of sp³-hybridized carbons (Fsp3) is 0.385. The van der Waals surface area contributed by atoms with Crippen molar-refractivity contribution in [1.29, 1.82) is 0 Å². The first kappa shape index (κ1) is 23.6. The van der Waals surface area contributed by atoms with E-state index in [-0.39, 0.29) is 23.6 Å². The Morgan fingerprint density at radius 2 is 1.79 bits per heavy atom. The minimum atomic E-state index is -0.0653. The second-order valence-corrected chi connectivity index (χ2v) is 9.02. The molecule has 8 nitrogen and oxygen atoms in total. The van der Waals surface area contributed by atoms with E-state index in [0.29, 0.717) is 11.6 Å². The van der Waals surface area contributed by atoms with Gasteiger partial charge in [0.15, 0.2) is 0 Å². The second-order valence-electron chi connectivity index (χ2n) is 9.02. The zero-order chi connectivity index (χ0) is 24.2. The van der Waals surface area contributed by atoms with E-state index >= 15 is 0 Å². The molecule has 8 heteroatoms. The summed E-state index contributed by atoms with van der Waals surface area (Å²) < 4.78 is 1.69. The molecule has 1 atom stereocenters. The van der Waals surface area contributed by atoms with Gasteiger partial charge in [-0.3, -0.25) is 19.1 Å². The Balaban J connectivity index is 1.40. The van der Waals surface area contributed by atoms with E-state index in [4.69, 9.17) is 0 Å². The van der Waals surface area contributed by atoms with Gasteiger partial charge in [0.25, 0.3) is 5.56 Å². The van der Waals surface area contributed by atoms with Crippen LogP contribution in [-0.4, -0.2) is 56.4 Å². The minimum absolute atomic E-state index is 0.00268. The Morgan fingerprint density at radius 3 is 2.44 bits per heavy atom. The van der Waals surface area contributed by atoms with Crippen LogP contribution in [0.15, 0.2) is 60.0 Å². The first-order valence-electron chi connectivity index (χ1n) is 11.7. The van der Waals surface area contributed by atoms with Crippen LogP contribution in [0.25, 0.3) is 11.0 Å². The minimum Gasteiger partial charge on any atom is -0.348 e. The average Bonchev–Trinajstić information content (AvgIpc) is 2.84. The molecular formula is C26H32N6O2. The number of fused-ring (bicyclic) bond motifs is 1. The van der Waals surface area contributed by atoms with Crippen molar-refractivity contribution in [2.24, 2.45) is 0 Å². The van der Waals surface area contributed by atoms with Crippen LogP contribution in [-0.2, 0) is 11.3 Å². The summed E-state index contributed by atoms with van der Waals surface area (Å²) in [5.74, 6) is 0.504. The number of carbonyl (C=O) groups excluding carboxylic acids is 1. The Labute approximate surface area is 199 Å². The molecule has 0 aliphatic carbocycles. The lowest BCUT2D eigenvalue weighted by atomic mass is 10.1. The van der Waals surface area contributed by atoms with Crippen molar-refractivity contribution < 1.29 is 4.79 Å². The Morgan fingerprint density at radius 1 is 1.09 bits per heavy atom. The highest BCUT2D eigenvalue weighted by Crippen LogP contribution is 2.20. The number of hydrogen-bond acceptors (Lipinski definition) is 6. The number of piperazine rings is 1. The summed E-state index contributed by atoms with van der Waals surface area (Å²) in [7, 11) is 0. The number of anilines is 1. The maximum atomic E-state index is 12.3. The van der Waals surface area contributed by atoms with Crippen LogP contribution >= 0.6 is 0 Å². The molecule has 1 amide bonds. The zero-order valence-corrected chi connectivity index (χ0v) is 20.1. The molecule has 1 aliphatic heterocycles. The standard InChI is InChI=1S/C26H32N6O2/c1-5-23(33)31-14-12-30(13-15-31)17-20-6-8-21(9-7-20)19(4)28-26-27-16-22-10-11-24(34)32(18(2)3)25(22)29-26/h5-11,16,18-19H,1,12-15,17H2,2-4H3,(H,27,28,29). The van der Waals surface area contributed by atoms with Gasteiger partial charge in [0.05, 0.1) is 6.04 Å². The molecule has 0 radical (unpaired) electrons. The third-order valence-corrected chi connectivity index (χ3v) is 6.27. The van der Waals surface area contributed by atoms with Crippen LogP contribution in [0.2, 0.25) is 0 Å². The van der Waals surface area contributed by atoms with E-state index in [1.807, 2.05) is 18.7 Å². The van der Waals surface area contributed by atoms with E-state index in [9.17, 15) is 9.59 Å². The van der Waals surface area contributed by atoms with Gasteiger partial charge in [-0.15, -0.1) is 0 Å². The van der Waals surface area contributed by atoms with Crippen molar-refractivity contribution in [3.05, 3.63) is 76.7 Å². The topological polar surface area (TPSA) is 83.4 Å². The number of nitrogens with zero attached hydrogens (tertiary/aromatic N) is 5. The summed E-state index contributed by atoms with van der Waals surface area (Å²) in [5, 5.41) is 4.20. The highest BCUT2D eigenvalue weighted by molar-refractivity contribution is 5.87. The number of carbonyl (C=O) groups is 1. The quantitative estimate of drug-likeness (QED) is 0.545. The number of nitrogens with one attached hydrogen (secondary N) is 1. The van der Waals surface area contributed by atoms with Crippen LogP contribution in [0.1, 0.15) is 44.0 Å². The molecule has 3 aromatic rings. The average molecular weight is 461 g/mol. The fourth-order valence-electron chi connectivity index (χ4n) is 4.31. The molecule has 2 aromatic heterocycles. The van der Waals surface area contributed by atoms with Gasteiger partial charge in [-0.1, -0.05) is 30.8 Å². The zero-order valence-electron chi connectivity index (χ0n) is 20.1.